The number of pyridine rings is 1. The maximum atomic E-state index is 12.0. The molecule has 0 aliphatic rings. The van der Waals surface area contributed by atoms with Gasteiger partial charge in [0.05, 0.1) is 11.8 Å². The molecule has 0 aliphatic carbocycles. The van der Waals surface area contributed by atoms with Gasteiger partial charge in [-0.3, -0.25) is 9.78 Å². The van der Waals surface area contributed by atoms with Gasteiger partial charge in [0.25, 0.3) is 5.91 Å². The Hall–Kier alpha value is -2.40. The Morgan fingerprint density at radius 2 is 2.00 bits per heavy atom. The fourth-order valence-corrected chi connectivity index (χ4v) is 1.75. The molecule has 0 unspecified atom stereocenters. The van der Waals surface area contributed by atoms with Crippen LogP contribution in [0.3, 0.4) is 0 Å². The molecule has 0 saturated carbocycles. The maximum absolute atomic E-state index is 12.0. The summed E-state index contributed by atoms with van der Waals surface area (Å²) in [5.41, 5.74) is 2.04. The minimum Gasteiger partial charge on any atom is -0.505 e. The molecule has 104 valence electrons. The molecule has 1 heterocycles. The van der Waals surface area contributed by atoms with Crippen molar-refractivity contribution in [3.05, 3.63) is 53.9 Å². The van der Waals surface area contributed by atoms with E-state index in [2.05, 4.69) is 22.5 Å². The number of hydrogen-bond donors (Lipinski definition) is 3. The number of hydrogen-bond acceptors (Lipinski definition) is 4. The molecule has 1 amide bonds. The molecule has 1 aromatic heterocycles. The first-order valence-corrected chi connectivity index (χ1v) is 6.44. The van der Waals surface area contributed by atoms with Gasteiger partial charge in [-0.05, 0) is 30.3 Å². The van der Waals surface area contributed by atoms with Gasteiger partial charge in [0.1, 0.15) is 5.75 Å². The summed E-state index contributed by atoms with van der Waals surface area (Å²) in [5.74, 6) is -0.488. The van der Waals surface area contributed by atoms with Crippen molar-refractivity contribution in [3.8, 4) is 5.75 Å². The highest BCUT2D eigenvalue weighted by molar-refractivity contribution is 6.05. The average Bonchev–Trinajstić information content (AvgIpc) is 2.47. The summed E-state index contributed by atoms with van der Waals surface area (Å²) in [4.78, 5) is 15.7. The summed E-state index contributed by atoms with van der Waals surface area (Å²) in [6.45, 7) is 3.77. The summed E-state index contributed by atoms with van der Waals surface area (Å²) >= 11 is 0. The summed E-state index contributed by atoms with van der Waals surface area (Å²) in [5, 5.41) is 15.5. The van der Waals surface area contributed by atoms with E-state index in [4.69, 9.17) is 0 Å². The molecule has 0 fully saturated rings. The first kappa shape index (κ1) is 14.0. The van der Waals surface area contributed by atoms with Crippen LogP contribution in [0.2, 0.25) is 0 Å². The molecular formula is C15H17N3O2. The van der Waals surface area contributed by atoms with Crippen LogP contribution in [-0.4, -0.2) is 22.5 Å². The summed E-state index contributed by atoms with van der Waals surface area (Å²) in [6, 6.07) is 9.05. The number of amides is 1. The molecule has 2 aromatic rings. The van der Waals surface area contributed by atoms with Gasteiger partial charge in [-0.15, -0.1) is 0 Å². The van der Waals surface area contributed by atoms with Crippen LogP contribution in [-0.2, 0) is 6.54 Å². The molecule has 0 atom stereocenters. The van der Waals surface area contributed by atoms with Gasteiger partial charge in [0.15, 0.2) is 0 Å². The SMILES string of the molecule is CCNCc1ccc(NC(=O)c2ccncc2O)cc1. The Morgan fingerprint density at radius 1 is 1.25 bits per heavy atom. The van der Waals surface area contributed by atoms with E-state index in [0.29, 0.717) is 5.69 Å². The molecule has 20 heavy (non-hydrogen) atoms. The van der Waals surface area contributed by atoms with Crippen LogP contribution in [0.1, 0.15) is 22.8 Å². The number of benzene rings is 1. The number of anilines is 1. The third-order valence-corrected chi connectivity index (χ3v) is 2.84. The molecule has 3 N–H and O–H groups in total. The van der Waals surface area contributed by atoms with Crippen molar-refractivity contribution < 1.29 is 9.90 Å². The van der Waals surface area contributed by atoms with Crippen LogP contribution in [0.25, 0.3) is 0 Å². The van der Waals surface area contributed by atoms with Crippen LogP contribution in [0.4, 0.5) is 5.69 Å². The van der Waals surface area contributed by atoms with Gasteiger partial charge < -0.3 is 15.7 Å². The first-order chi connectivity index (χ1) is 9.70. The lowest BCUT2D eigenvalue weighted by atomic mass is 10.2. The zero-order valence-corrected chi connectivity index (χ0v) is 11.3. The van der Waals surface area contributed by atoms with E-state index in [1.807, 2.05) is 24.3 Å². The van der Waals surface area contributed by atoms with E-state index >= 15 is 0 Å². The van der Waals surface area contributed by atoms with Crippen LogP contribution < -0.4 is 10.6 Å². The van der Waals surface area contributed by atoms with Crippen molar-refractivity contribution in [2.24, 2.45) is 0 Å². The maximum Gasteiger partial charge on any atom is 0.259 e. The smallest absolute Gasteiger partial charge is 0.259 e. The van der Waals surface area contributed by atoms with Gasteiger partial charge in [0, 0.05) is 18.4 Å². The van der Waals surface area contributed by atoms with Crippen LogP contribution >= 0.6 is 0 Å². The van der Waals surface area contributed by atoms with Crippen LogP contribution in [0.15, 0.2) is 42.7 Å². The quantitative estimate of drug-likeness (QED) is 0.779. The highest BCUT2D eigenvalue weighted by Gasteiger charge is 2.10. The lowest BCUT2D eigenvalue weighted by Crippen LogP contribution is -2.13. The van der Waals surface area contributed by atoms with Crippen LogP contribution in [0.5, 0.6) is 5.75 Å². The van der Waals surface area contributed by atoms with Crippen LogP contribution in [0, 0.1) is 0 Å². The molecule has 0 saturated heterocycles. The number of nitrogens with zero attached hydrogens (tertiary/aromatic N) is 1. The van der Waals surface area contributed by atoms with E-state index in [0.717, 1.165) is 18.7 Å². The third kappa shape index (κ3) is 3.55. The Labute approximate surface area is 117 Å². The summed E-state index contributed by atoms with van der Waals surface area (Å²) in [7, 11) is 0. The third-order valence-electron chi connectivity index (χ3n) is 2.84. The number of rotatable bonds is 5. The number of aromatic nitrogens is 1. The molecular weight excluding hydrogens is 254 g/mol. The average molecular weight is 271 g/mol. The second-order valence-corrected chi connectivity index (χ2v) is 4.32. The second-order valence-electron chi connectivity index (χ2n) is 4.32. The number of carbonyl (C=O) groups excluding carboxylic acids is 1. The van der Waals surface area contributed by atoms with Gasteiger partial charge in [-0.1, -0.05) is 19.1 Å². The standard InChI is InChI=1S/C15H17N3O2/c1-2-16-9-11-3-5-12(6-4-11)18-15(20)13-7-8-17-10-14(13)19/h3-8,10,16,19H,2,9H2,1H3,(H,18,20). The number of nitrogens with one attached hydrogen (secondary N) is 2. The summed E-state index contributed by atoms with van der Waals surface area (Å²) in [6.07, 6.45) is 2.71. The fraction of sp³-hybridized carbons (Fsp3) is 0.200. The summed E-state index contributed by atoms with van der Waals surface area (Å²) < 4.78 is 0. The molecule has 5 nitrogen and oxygen atoms in total. The predicted molar refractivity (Wildman–Crippen MR) is 77.7 cm³/mol. The molecule has 1 aromatic carbocycles. The van der Waals surface area contributed by atoms with E-state index in [1.165, 1.54) is 18.5 Å². The van der Waals surface area contributed by atoms with Crippen molar-refractivity contribution in [3.63, 3.8) is 0 Å². The zero-order chi connectivity index (χ0) is 14.4. The first-order valence-electron chi connectivity index (χ1n) is 6.44. The minimum absolute atomic E-state index is 0.131. The lowest BCUT2D eigenvalue weighted by molar-refractivity contribution is 0.102. The van der Waals surface area contributed by atoms with E-state index in [-0.39, 0.29) is 17.2 Å². The van der Waals surface area contributed by atoms with E-state index in [1.54, 1.807) is 0 Å². The number of carbonyl (C=O) groups is 1. The zero-order valence-electron chi connectivity index (χ0n) is 11.3. The van der Waals surface area contributed by atoms with Gasteiger partial charge >= 0.3 is 0 Å². The van der Waals surface area contributed by atoms with Crippen molar-refractivity contribution in [1.82, 2.24) is 10.3 Å². The Morgan fingerprint density at radius 3 is 2.65 bits per heavy atom. The van der Waals surface area contributed by atoms with Crippen molar-refractivity contribution in [2.75, 3.05) is 11.9 Å². The minimum atomic E-state index is -0.357. The fourth-order valence-electron chi connectivity index (χ4n) is 1.75. The molecule has 2 rings (SSSR count). The highest BCUT2D eigenvalue weighted by Crippen LogP contribution is 2.17. The van der Waals surface area contributed by atoms with Crippen molar-refractivity contribution in [2.45, 2.75) is 13.5 Å². The van der Waals surface area contributed by atoms with E-state index < -0.39 is 0 Å². The Bertz CT molecular complexity index is 582. The van der Waals surface area contributed by atoms with Gasteiger partial charge in [-0.2, -0.15) is 0 Å². The van der Waals surface area contributed by atoms with Gasteiger partial charge in [0.2, 0.25) is 0 Å². The predicted octanol–water partition coefficient (Wildman–Crippen LogP) is 2.15. The second kappa shape index (κ2) is 6.68. The topological polar surface area (TPSA) is 74.2 Å². The number of aromatic hydroxyl groups is 1. The molecule has 0 radical (unpaired) electrons. The largest absolute Gasteiger partial charge is 0.505 e. The molecule has 5 heteroatoms. The normalized spacial score (nSPS) is 10.2. The lowest BCUT2D eigenvalue weighted by Gasteiger charge is -2.07. The van der Waals surface area contributed by atoms with Crippen molar-refractivity contribution in [1.29, 1.82) is 0 Å². The molecule has 0 spiro atoms. The highest BCUT2D eigenvalue weighted by atomic mass is 16.3. The Kier molecular flexibility index (Phi) is 4.68. The Balaban J connectivity index is 2.03. The van der Waals surface area contributed by atoms with Gasteiger partial charge in [-0.25, -0.2) is 0 Å². The molecule has 0 aliphatic heterocycles. The van der Waals surface area contributed by atoms with Crippen molar-refractivity contribution >= 4 is 11.6 Å². The van der Waals surface area contributed by atoms with E-state index in [9.17, 15) is 9.90 Å². The molecule has 0 bridgehead atoms. The monoisotopic (exact) mass is 271 g/mol.